The average molecular weight is 795 g/mol. The van der Waals surface area contributed by atoms with E-state index in [4.69, 9.17) is 37.7 Å². The Morgan fingerprint density at radius 3 is 1.98 bits per heavy atom. The van der Waals surface area contributed by atoms with Crippen molar-refractivity contribution in [2.24, 2.45) is 0 Å². The topological polar surface area (TPSA) is 235 Å². The number of methoxy groups -OCH3 is 1. The van der Waals surface area contributed by atoms with Crippen molar-refractivity contribution < 1.29 is 66.4 Å². The number of anilines is 1. The molecule has 3 amide bonds. The number of carbonyl (C=O) groups is 5. The summed E-state index contributed by atoms with van der Waals surface area (Å²) in [5, 5.41) is 12.0. The molecule has 302 valence electrons. The molecule has 2 saturated heterocycles. The van der Waals surface area contributed by atoms with Gasteiger partial charge in [0.05, 0.1) is 24.5 Å². The molecule has 21 heteroatoms. The van der Waals surface area contributed by atoms with E-state index in [2.05, 4.69) is 10.3 Å². The number of carbonyl (C=O) groups excluding carboxylic acids is 4. The van der Waals surface area contributed by atoms with Crippen LogP contribution in [0.1, 0.15) is 44.6 Å². The van der Waals surface area contributed by atoms with Crippen molar-refractivity contribution in [1.82, 2.24) is 25.1 Å². The highest BCUT2D eigenvalue weighted by atomic mass is 31.2. The van der Waals surface area contributed by atoms with E-state index >= 15 is 0 Å². The molecule has 0 bridgehead atoms. The molecule has 0 unspecified atom stereocenters. The molecule has 1 aromatic carbocycles. The number of ether oxygens (including phenoxy) is 5. The van der Waals surface area contributed by atoms with E-state index in [1.165, 1.54) is 11.0 Å². The van der Waals surface area contributed by atoms with Crippen LogP contribution in [0.5, 0.6) is 0 Å². The number of piperazine rings is 1. The molecule has 4 rings (SSSR count). The molecule has 3 heterocycles. The summed E-state index contributed by atoms with van der Waals surface area (Å²) in [5.74, 6) is -0.957. The van der Waals surface area contributed by atoms with Crippen LogP contribution in [0.15, 0.2) is 36.4 Å². The van der Waals surface area contributed by atoms with Crippen LogP contribution in [0.2, 0.25) is 0 Å². The molecule has 2 aliphatic rings. The fourth-order valence-corrected chi connectivity index (χ4v) is 6.85. The van der Waals surface area contributed by atoms with Crippen LogP contribution in [0, 0.1) is 0 Å². The zero-order valence-corrected chi connectivity index (χ0v) is 32.2. The number of carboxylic acid groups (broad SMARTS) is 1. The average Bonchev–Trinajstić information content (AvgIpc) is 3.63. The first-order valence-electron chi connectivity index (χ1n) is 17.5. The quantitative estimate of drug-likeness (QED) is 0.140. The third-order valence-corrected chi connectivity index (χ3v) is 9.98. The minimum Gasteiger partial charge on any atom is -0.465 e. The highest BCUT2D eigenvalue weighted by Gasteiger charge is 2.39. The van der Waals surface area contributed by atoms with Crippen LogP contribution in [0.3, 0.4) is 0 Å². The number of amides is 3. The normalized spacial score (nSPS) is 16.5. The standard InChI is InChI=1S/C34H47N6O14P/c1-22(2)53-33(45)49-20-51-55(47,52-21-50-34(46)54-23(3)4)19-27(31(42)38-13-15-39(16-14-38)32(43)44)36-30(41)26-17-28(40-12-11-25(18-40)48-5)37-29(35-26)24-9-7-6-8-10-24/h6-10,17,22-23,25,27H,11-16,18-21H2,1-5H3,(H,36,41)(H,43,44)/t25-,27-/m0/s1. The third-order valence-electron chi connectivity index (χ3n) is 8.17. The second-order valence-electron chi connectivity index (χ2n) is 12.9. The first-order valence-corrected chi connectivity index (χ1v) is 19.2. The predicted octanol–water partition coefficient (Wildman–Crippen LogP) is 3.55. The number of hydrogen-bond acceptors (Lipinski definition) is 16. The first kappa shape index (κ1) is 42.7. The van der Waals surface area contributed by atoms with Gasteiger partial charge in [-0.1, -0.05) is 30.3 Å². The van der Waals surface area contributed by atoms with E-state index < -0.39 is 75.8 Å². The Hall–Kier alpha value is -5.04. The summed E-state index contributed by atoms with van der Waals surface area (Å²) in [7, 11) is -3.01. The van der Waals surface area contributed by atoms with Gasteiger partial charge in [-0.05, 0) is 34.1 Å². The summed E-state index contributed by atoms with van der Waals surface area (Å²) in [5.41, 5.74) is 0.484. The van der Waals surface area contributed by atoms with Crippen molar-refractivity contribution in [2.75, 3.05) is 71.0 Å². The first-order chi connectivity index (χ1) is 26.2. The van der Waals surface area contributed by atoms with E-state index in [1.807, 2.05) is 11.0 Å². The Balaban J connectivity index is 1.65. The fourth-order valence-electron chi connectivity index (χ4n) is 5.44. The SMILES string of the molecule is CO[C@H]1CCN(c2cc(C(=O)N[C@@H](CP(=O)(OCOC(=O)OC(C)C)OCOC(=O)OC(C)C)C(=O)N3CCN(C(=O)O)CC3)nc(-c3ccccc3)n2)C1. The summed E-state index contributed by atoms with van der Waals surface area (Å²) in [6.07, 6.45) is -4.76. The van der Waals surface area contributed by atoms with Gasteiger partial charge >= 0.3 is 26.0 Å². The maximum atomic E-state index is 14.2. The molecule has 2 aliphatic heterocycles. The zero-order valence-electron chi connectivity index (χ0n) is 31.3. The highest BCUT2D eigenvalue weighted by molar-refractivity contribution is 7.54. The Morgan fingerprint density at radius 2 is 1.45 bits per heavy atom. The second kappa shape index (κ2) is 20.0. The van der Waals surface area contributed by atoms with Crippen molar-refractivity contribution in [3.05, 3.63) is 42.1 Å². The predicted molar refractivity (Wildman–Crippen MR) is 192 cm³/mol. The lowest BCUT2D eigenvalue weighted by molar-refractivity contribution is -0.134. The Labute approximate surface area is 317 Å². The number of aromatic nitrogens is 2. The molecule has 2 aromatic rings. The third kappa shape index (κ3) is 13.0. The van der Waals surface area contributed by atoms with E-state index in [9.17, 15) is 33.6 Å². The largest absolute Gasteiger partial charge is 0.510 e. The summed E-state index contributed by atoms with van der Waals surface area (Å²) < 4.78 is 50.0. The van der Waals surface area contributed by atoms with Gasteiger partial charge in [-0.2, -0.15) is 0 Å². The maximum absolute atomic E-state index is 14.2. The minimum absolute atomic E-state index is 0.0297. The zero-order chi connectivity index (χ0) is 40.1. The molecular weight excluding hydrogens is 747 g/mol. The van der Waals surface area contributed by atoms with Crippen molar-refractivity contribution in [2.45, 2.75) is 58.5 Å². The molecule has 0 radical (unpaired) electrons. The molecule has 2 N–H and O–H groups in total. The molecule has 55 heavy (non-hydrogen) atoms. The smallest absolute Gasteiger partial charge is 0.465 e. The van der Waals surface area contributed by atoms with Gasteiger partial charge in [0.15, 0.2) is 5.82 Å². The summed E-state index contributed by atoms with van der Waals surface area (Å²) in [6, 6.07) is 8.75. The van der Waals surface area contributed by atoms with Gasteiger partial charge in [0.1, 0.15) is 17.6 Å². The summed E-state index contributed by atoms with van der Waals surface area (Å²) in [6.45, 7) is 5.28. The molecule has 0 spiro atoms. The van der Waals surface area contributed by atoms with E-state index in [1.54, 1.807) is 59.1 Å². The van der Waals surface area contributed by atoms with Crippen molar-refractivity contribution in [3.63, 3.8) is 0 Å². The molecule has 1 aromatic heterocycles. The minimum atomic E-state index is -4.62. The fraction of sp³-hybridized carbons (Fsp3) is 0.559. The number of benzene rings is 1. The molecule has 2 atom stereocenters. The molecule has 2 fully saturated rings. The van der Waals surface area contributed by atoms with Gasteiger partial charge in [0, 0.05) is 58.0 Å². The van der Waals surface area contributed by atoms with E-state index in [-0.39, 0.29) is 43.8 Å². The van der Waals surface area contributed by atoms with Crippen LogP contribution < -0.4 is 10.2 Å². The Kier molecular flexibility index (Phi) is 15.6. The lowest BCUT2D eigenvalue weighted by atomic mass is 10.2. The Bertz CT molecular complexity index is 1660. The lowest BCUT2D eigenvalue weighted by Gasteiger charge is -2.35. The van der Waals surface area contributed by atoms with Gasteiger partial charge in [-0.3, -0.25) is 23.2 Å². The Morgan fingerprint density at radius 1 is 0.873 bits per heavy atom. The van der Waals surface area contributed by atoms with Gasteiger partial charge in [-0.15, -0.1) is 0 Å². The van der Waals surface area contributed by atoms with E-state index in [0.29, 0.717) is 24.5 Å². The van der Waals surface area contributed by atoms with Crippen LogP contribution in [-0.4, -0.2) is 146 Å². The summed E-state index contributed by atoms with van der Waals surface area (Å²) in [4.78, 5) is 77.3. The van der Waals surface area contributed by atoms with E-state index in [0.717, 1.165) is 11.3 Å². The molecule has 20 nitrogen and oxygen atoms in total. The number of nitrogens with zero attached hydrogens (tertiary/aromatic N) is 5. The van der Waals surface area contributed by atoms with Crippen molar-refractivity contribution in [1.29, 1.82) is 0 Å². The molecule has 0 saturated carbocycles. The van der Waals surface area contributed by atoms with Crippen LogP contribution in [-0.2, 0) is 42.1 Å². The van der Waals surface area contributed by atoms with Gasteiger partial charge in [0.25, 0.3) is 5.91 Å². The van der Waals surface area contributed by atoms with Crippen LogP contribution in [0.25, 0.3) is 11.4 Å². The van der Waals surface area contributed by atoms with Gasteiger partial charge in [0.2, 0.25) is 19.5 Å². The second-order valence-corrected chi connectivity index (χ2v) is 15.0. The summed E-state index contributed by atoms with van der Waals surface area (Å²) >= 11 is 0. The maximum Gasteiger partial charge on any atom is 0.510 e. The monoisotopic (exact) mass is 794 g/mol. The van der Waals surface area contributed by atoms with Crippen molar-refractivity contribution >= 4 is 43.6 Å². The van der Waals surface area contributed by atoms with Gasteiger partial charge in [-0.25, -0.2) is 24.4 Å². The number of rotatable bonds is 16. The highest BCUT2D eigenvalue weighted by Crippen LogP contribution is 2.49. The molecule has 0 aliphatic carbocycles. The van der Waals surface area contributed by atoms with Crippen molar-refractivity contribution in [3.8, 4) is 11.4 Å². The van der Waals surface area contributed by atoms with Gasteiger partial charge < -0.3 is 48.8 Å². The lowest BCUT2D eigenvalue weighted by Crippen LogP contribution is -2.56. The molecular formula is C34H47N6O14P. The number of hydrogen-bond donors (Lipinski definition) is 2. The van der Waals surface area contributed by atoms with Crippen LogP contribution in [0.4, 0.5) is 20.2 Å². The number of nitrogens with one attached hydrogen (secondary N) is 1. The van der Waals surface area contributed by atoms with Crippen LogP contribution >= 0.6 is 7.60 Å².